The number of likely N-dealkylation sites (N-methyl/N-ethyl adjacent to an activating group) is 1. The molecule has 0 heterocycles. The van der Waals surface area contributed by atoms with Crippen LogP contribution in [0.5, 0.6) is 5.75 Å². The highest BCUT2D eigenvalue weighted by molar-refractivity contribution is 5.81. The number of nitrogens with zero attached hydrogens (tertiary/aromatic N) is 1. The molecule has 112 valence electrons. The van der Waals surface area contributed by atoms with Crippen molar-refractivity contribution in [2.75, 3.05) is 13.1 Å². The van der Waals surface area contributed by atoms with Crippen molar-refractivity contribution in [3.8, 4) is 5.75 Å². The Morgan fingerprint density at radius 2 is 1.95 bits per heavy atom. The van der Waals surface area contributed by atoms with Gasteiger partial charge in [-0.3, -0.25) is 10.1 Å². The van der Waals surface area contributed by atoms with Crippen LogP contribution in [0.2, 0.25) is 0 Å². The zero-order valence-electron chi connectivity index (χ0n) is 12.5. The predicted molar refractivity (Wildman–Crippen MR) is 77.0 cm³/mol. The average Bonchev–Trinajstić information content (AvgIpc) is 2.39. The normalized spacial score (nSPS) is 13.8. The Bertz CT molecular complexity index is 461. The molecule has 2 N–H and O–H groups in total. The van der Waals surface area contributed by atoms with E-state index in [-0.39, 0.29) is 23.7 Å². The number of aromatic hydroxyl groups is 1. The molecule has 5 heteroatoms. The largest absolute Gasteiger partial charge is 0.508 e. The minimum Gasteiger partial charge on any atom is -0.508 e. The van der Waals surface area contributed by atoms with Crippen LogP contribution in [-0.4, -0.2) is 35.0 Å². The fourth-order valence-corrected chi connectivity index (χ4v) is 2.23. The molecule has 1 aromatic carbocycles. The third-order valence-electron chi connectivity index (χ3n) is 3.40. The number of phenols is 1. The monoisotopic (exact) mass is 282 g/mol. The van der Waals surface area contributed by atoms with Crippen molar-refractivity contribution in [2.24, 2.45) is 0 Å². The molecule has 0 bridgehead atoms. The lowest BCUT2D eigenvalue weighted by Gasteiger charge is -2.26. The summed E-state index contributed by atoms with van der Waals surface area (Å²) in [6.07, 6.45) is 0. The molecule has 0 aliphatic rings. The van der Waals surface area contributed by atoms with Gasteiger partial charge in [-0.05, 0) is 33.8 Å². The lowest BCUT2D eigenvalue weighted by atomic mass is 10.1. The Morgan fingerprint density at radius 3 is 2.45 bits per heavy atom. The first-order valence-electron chi connectivity index (χ1n) is 6.93. The number of amides is 1. The number of hydrogen-bond donors (Lipinski definition) is 2. The summed E-state index contributed by atoms with van der Waals surface area (Å²) in [6.45, 7) is 8.82. The van der Waals surface area contributed by atoms with Gasteiger partial charge in [0.05, 0.1) is 6.04 Å². The third kappa shape index (κ3) is 3.93. The van der Waals surface area contributed by atoms with Crippen LogP contribution in [0.1, 0.15) is 39.3 Å². The van der Waals surface area contributed by atoms with Gasteiger partial charge in [0, 0.05) is 30.8 Å². The number of nitrogens with one attached hydrogen (secondary N) is 1. The number of halogens is 1. The third-order valence-corrected chi connectivity index (χ3v) is 3.40. The van der Waals surface area contributed by atoms with E-state index >= 15 is 0 Å². The van der Waals surface area contributed by atoms with Crippen molar-refractivity contribution in [3.05, 3.63) is 29.6 Å². The SMILES string of the molecule is CCN(CC)C(=O)C(C)NC(C)c1ccc(F)cc1O. The lowest BCUT2D eigenvalue weighted by Crippen LogP contribution is -2.45. The summed E-state index contributed by atoms with van der Waals surface area (Å²) < 4.78 is 13.0. The van der Waals surface area contributed by atoms with E-state index in [9.17, 15) is 14.3 Å². The van der Waals surface area contributed by atoms with Gasteiger partial charge in [0.2, 0.25) is 5.91 Å². The summed E-state index contributed by atoms with van der Waals surface area (Å²) in [5, 5.41) is 12.9. The quantitative estimate of drug-likeness (QED) is 0.842. The molecule has 0 aromatic heterocycles. The second-order valence-electron chi connectivity index (χ2n) is 4.82. The van der Waals surface area contributed by atoms with E-state index in [1.54, 1.807) is 11.8 Å². The number of carbonyl (C=O) groups excluding carboxylic acids is 1. The Labute approximate surface area is 119 Å². The van der Waals surface area contributed by atoms with E-state index in [0.717, 1.165) is 6.07 Å². The zero-order valence-corrected chi connectivity index (χ0v) is 12.5. The van der Waals surface area contributed by atoms with Gasteiger partial charge in [-0.25, -0.2) is 4.39 Å². The Balaban J connectivity index is 2.74. The maximum absolute atomic E-state index is 13.0. The van der Waals surface area contributed by atoms with Crippen LogP contribution in [0.25, 0.3) is 0 Å². The highest BCUT2D eigenvalue weighted by Crippen LogP contribution is 2.25. The summed E-state index contributed by atoms with van der Waals surface area (Å²) >= 11 is 0. The number of hydrogen-bond acceptors (Lipinski definition) is 3. The number of phenolic OH excluding ortho intramolecular Hbond substituents is 1. The lowest BCUT2D eigenvalue weighted by molar-refractivity contribution is -0.132. The van der Waals surface area contributed by atoms with Crippen molar-refractivity contribution >= 4 is 5.91 Å². The minimum atomic E-state index is -0.481. The van der Waals surface area contributed by atoms with E-state index in [1.165, 1.54) is 12.1 Å². The molecule has 0 fully saturated rings. The maximum Gasteiger partial charge on any atom is 0.239 e. The fourth-order valence-electron chi connectivity index (χ4n) is 2.23. The van der Waals surface area contributed by atoms with Crippen molar-refractivity contribution in [1.82, 2.24) is 10.2 Å². The summed E-state index contributed by atoms with van der Waals surface area (Å²) in [7, 11) is 0. The van der Waals surface area contributed by atoms with Crippen LogP contribution >= 0.6 is 0 Å². The van der Waals surface area contributed by atoms with Gasteiger partial charge in [-0.1, -0.05) is 6.07 Å². The summed E-state index contributed by atoms with van der Waals surface area (Å²) in [6, 6.07) is 3.28. The van der Waals surface area contributed by atoms with Crippen molar-refractivity contribution in [2.45, 2.75) is 39.8 Å². The van der Waals surface area contributed by atoms with Gasteiger partial charge in [-0.15, -0.1) is 0 Å². The Morgan fingerprint density at radius 1 is 1.35 bits per heavy atom. The molecular weight excluding hydrogens is 259 g/mol. The zero-order chi connectivity index (χ0) is 15.3. The van der Waals surface area contributed by atoms with Crippen molar-refractivity contribution in [1.29, 1.82) is 0 Å². The molecule has 1 amide bonds. The van der Waals surface area contributed by atoms with Crippen LogP contribution in [0, 0.1) is 5.82 Å². The molecule has 4 nitrogen and oxygen atoms in total. The Kier molecular flexibility index (Phi) is 5.95. The predicted octanol–water partition coefficient (Wildman–Crippen LogP) is 2.44. The standard InChI is InChI=1S/C15H23FN2O2/c1-5-18(6-2)15(20)11(4)17-10(3)13-8-7-12(16)9-14(13)19/h7-11,17,19H,5-6H2,1-4H3. The molecule has 0 saturated heterocycles. The van der Waals surface area contributed by atoms with Crippen LogP contribution in [0.4, 0.5) is 4.39 Å². The molecule has 0 saturated carbocycles. The van der Waals surface area contributed by atoms with Gasteiger partial charge in [-0.2, -0.15) is 0 Å². The molecule has 1 aromatic rings. The van der Waals surface area contributed by atoms with Gasteiger partial charge in [0.15, 0.2) is 0 Å². The van der Waals surface area contributed by atoms with Gasteiger partial charge in [0.1, 0.15) is 11.6 Å². The number of carbonyl (C=O) groups is 1. The highest BCUT2D eigenvalue weighted by atomic mass is 19.1. The van der Waals surface area contributed by atoms with E-state index in [4.69, 9.17) is 0 Å². The van der Waals surface area contributed by atoms with Crippen molar-refractivity contribution < 1.29 is 14.3 Å². The first-order chi connectivity index (χ1) is 9.40. The average molecular weight is 282 g/mol. The molecule has 20 heavy (non-hydrogen) atoms. The summed E-state index contributed by atoms with van der Waals surface area (Å²) in [4.78, 5) is 13.9. The van der Waals surface area contributed by atoms with Crippen molar-refractivity contribution in [3.63, 3.8) is 0 Å². The second kappa shape index (κ2) is 7.24. The molecular formula is C15H23FN2O2. The van der Waals surface area contributed by atoms with E-state index in [2.05, 4.69) is 5.32 Å². The molecule has 2 atom stereocenters. The van der Waals surface area contributed by atoms with E-state index < -0.39 is 5.82 Å². The first-order valence-corrected chi connectivity index (χ1v) is 6.93. The van der Waals surface area contributed by atoms with E-state index in [0.29, 0.717) is 18.7 Å². The van der Waals surface area contributed by atoms with Gasteiger partial charge >= 0.3 is 0 Å². The van der Waals surface area contributed by atoms with Crippen LogP contribution in [0.3, 0.4) is 0 Å². The Hall–Kier alpha value is -1.62. The van der Waals surface area contributed by atoms with E-state index in [1.807, 2.05) is 20.8 Å². The molecule has 2 unspecified atom stereocenters. The first kappa shape index (κ1) is 16.4. The van der Waals surface area contributed by atoms with Crippen LogP contribution in [0.15, 0.2) is 18.2 Å². The maximum atomic E-state index is 13.0. The molecule has 0 aliphatic heterocycles. The summed E-state index contributed by atoms with van der Waals surface area (Å²) in [5.41, 5.74) is 0.575. The molecule has 0 spiro atoms. The number of rotatable bonds is 6. The minimum absolute atomic E-state index is 0.0171. The highest BCUT2D eigenvalue weighted by Gasteiger charge is 2.21. The topological polar surface area (TPSA) is 52.6 Å². The molecule has 0 aliphatic carbocycles. The van der Waals surface area contributed by atoms with Crippen LogP contribution < -0.4 is 5.32 Å². The summed E-state index contributed by atoms with van der Waals surface area (Å²) in [5.74, 6) is -0.568. The smallest absolute Gasteiger partial charge is 0.239 e. The van der Waals surface area contributed by atoms with Crippen LogP contribution in [-0.2, 0) is 4.79 Å². The van der Waals surface area contributed by atoms with Gasteiger partial charge in [0.25, 0.3) is 0 Å². The molecule has 0 radical (unpaired) electrons. The molecule has 1 rings (SSSR count). The van der Waals surface area contributed by atoms with Gasteiger partial charge < -0.3 is 10.0 Å². The fraction of sp³-hybridized carbons (Fsp3) is 0.533. The number of benzene rings is 1. The second-order valence-corrected chi connectivity index (χ2v) is 4.82.